The molecule has 21 heavy (non-hydrogen) atoms. The molecule has 2 aliphatic rings. The molecule has 1 aromatic rings. The lowest BCUT2D eigenvalue weighted by atomic mass is 10.1. The molecule has 0 bridgehead atoms. The van der Waals surface area contributed by atoms with Crippen LogP contribution in [0.25, 0.3) is 0 Å². The topological polar surface area (TPSA) is 71.5 Å². The number of carbonyl (C=O) groups excluding carboxylic acids is 2. The van der Waals surface area contributed by atoms with Crippen LogP contribution in [0.3, 0.4) is 0 Å². The van der Waals surface area contributed by atoms with E-state index in [-0.39, 0.29) is 11.8 Å². The zero-order valence-electron chi connectivity index (χ0n) is 12.0. The summed E-state index contributed by atoms with van der Waals surface area (Å²) in [6.45, 7) is 3.71. The summed E-state index contributed by atoms with van der Waals surface area (Å²) in [6, 6.07) is 0.351. The van der Waals surface area contributed by atoms with Crippen molar-refractivity contribution in [3.8, 4) is 0 Å². The van der Waals surface area contributed by atoms with Gasteiger partial charge < -0.3 is 15.0 Å². The lowest BCUT2D eigenvalue weighted by molar-refractivity contribution is -0.114. The normalized spacial score (nSPS) is 21.3. The molecule has 0 spiro atoms. The number of anilines is 1. The predicted octanol–water partition coefficient (Wildman–Crippen LogP) is 1.74. The van der Waals surface area contributed by atoms with Gasteiger partial charge in [0, 0.05) is 37.4 Å². The summed E-state index contributed by atoms with van der Waals surface area (Å²) in [5, 5.41) is 4.81. The van der Waals surface area contributed by atoms with Crippen LogP contribution in [0, 0.1) is 5.92 Å². The summed E-state index contributed by atoms with van der Waals surface area (Å²) in [5.74, 6) is 0.228. The lowest BCUT2D eigenvalue weighted by Gasteiger charge is -2.24. The molecule has 1 aliphatic carbocycles. The molecule has 114 valence electrons. The molecular weight excluding hydrogens is 290 g/mol. The van der Waals surface area contributed by atoms with Gasteiger partial charge in [0.1, 0.15) is 5.69 Å². The number of nitrogens with zero attached hydrogens (tertiary/aromatic N) is 2. The van der Waals surface area contributed by atoms with Gasteiger partial charge in [0.25, 0.3) is 5.91 Å². The van der Waals surface area contributed by atoms with Crippen molar-refractivity contribution in [2.24, 2.45) is 5.92 Å². The molecule has 2 heterocycles. The van der Waals surface area contributed by atoms with Gasteiger partial charge in [0.05, 0.1) is 6.61 Å². The van der Waals surface area contributed by atoms with Crippen LogP contribution in [0.4, 0.5) is 5.13 Å². The Hall–Kier alpha value is -1.47. The second-order valence-corrected chi connectivity index (χ2v) is 6.50. The van der Waals surface area contributed by atoms with Crippen LogP contribution in [0.15, 0.2) is 5.38 Å². The fourth-order valence-electron chi connectivity index (χ4n) is 2.52. The highest BCUT2D eigenvalue weighted by molar-refractivity contribution is 7.14. The van der Waals surface area contributed by atoms with E-state index in [1.165, 1.54) is 18.3 Å². The maximum Gasteiger partial charge on any atom is 0.273 e. The highest BCUT2D eigenvalue weighted by Crippen LogP contribution is 2.31. The molecule has 2 amide bonds. The molecule has 3 rings (SSSR count). The van der Waals surface area contributed by atoms with Crippen LogP contribution in [-0.2, 0) is 9.53 Å². The van der Waals surface area contributed by atoms with Gasteiger partial charge in [0.15, 0.2) is 5.13 Å². The average Bonchev–Trinajstić information content (AvgIpc) is 2.96. The number of thiazole rings is 1. The first-order valence-electron chi connectivity index (χ1n) is 7.25. The molecule has 1 saturated carbocycles. The third-order valence-corrected chi connectivity index (χ3v) is 4.49. The largest absolute Gasteiger partial charge is 0.381 e. The van der Waals surface area contributed by atoms with Crippen molar-refractivity contribution in [1.82, 2.24) is 9.88 Å². The van der Waals surface area contributed by atoms with Crippen LogP contribution in [0.1, 0.15) is 36.7 Å². The molecular formula is C14H19N3O3S. The van der Waals surface area contributed by atoms with E-state index in [1.54, 1.807) is 5.38 Å². The Bertz CT molecular complexity index is 535. The molecule has 6 nitrogen and oxygen atoms in total. The molecule has 1 N–H and O–H groups in total. The minimum atomic E-state index is -0.175. The highest BCUT2D eigenvalue weighted by atomic mass is 32.1. The predicted molar refractivity (Wildman–Crippen MR) is 79.4 cm³/mol. The van der Waals surface area contributed by atoms with Crippen molar-refractivity contribution >= 4 is 28.3 Å². The van der Waals surface area contributed by atoms with Crippen molar-refractivity contribution in [2.45, 2.75) is 32.2 Å². The number of rotatable bonds is 5. The van der Waals surface area contributed by atoms with Crippen molar-refractivity contribution in [3.63, 3.8) is 0 Å². The standard InChI is InChI=1S/C14H19N3O3S/c1-9(18)15-14-16-12(8-21-14)13(19)17(11-2-3-11)6-10-4-5-20-7-10/h8,10-11H,2-7H2,1H3,(H,15,16,18)/t10-/m1/s1. The van der Waals surface area contributed by atoms with Gasteiger partial charge in [-0.05, 0) is 19.3 Å². The number of amides is 2. The third kappa shape index (κ3) is 3.59. The molecule has 7 heteroatoms. The quantitative estimate of drug-likeness (QED) is 0.899. The smallest absolute Gasteiger partial charge is 0.273 e. The molecule has 1 saturated heterocycles. The van der Waals surface area contributed by atoms with Gasteiger partial charge in [-0.1, -0.05) is 0 Å². The monoisotopic (exact) mass is 309 g/mol. The van der Waals surface area contributed by atoms with Crippen LogP contribution in [-0.4, -0.2) is 47.5 Å². The van der Waals surface area contributed by atoms with Gasteiger partial charge in [-0.25, -0.2) is 4.98 Å². The SMILES string of the molecule is CC(=O)Nc1nc(C(=O)N(C[C@H]2CCOC2)C2CC2)cs1. The first kappa shape index (κ1) is 14.5. The van der Waals surface area contributed by atoms with E-state index in [9.17, 15) is 9.59 Å². The fraction of sp³-hybridized carbons (Fsp3) is 0.643. The van der Waals surface area contributed by atoms with Crippen molar-refractivity contribution in [2.75, 3.05) is 25.1 Å². The summed E-state index contributed by atoms with van der Waals surface area (Å²) in [5.41, 5.74) is 0.426. The van der Waals surface area contributed by atoms with Gasteiger partial charge in [0.2, 0.25) is 5.91 Å². The molecule has 0 radical (unpaired) electrons. The van der Waals surface area contributed by atoms with Crippen molar-refractivity contribution in [3.05, 3.63) is 11.1 Å². The van der Waals surface area contributed by atoms with E-state index >= 15 is 0 Å². The fourth-order valence-corrected chi connectivity index (χ4v) is 3.25. The summed E-state index contributed by atoms with van der Waals surface area (Å²) < 4.78 is 5.39. The number of carbonyl (C=O) groups is 2. The minimum Gasteiger partial charge on any atom is -0.381 e. The van der Waals surface area contributed by atoms with Crippen molar-refractivity contribution < 1.29 is 14.3 Å². The first-order chi connectivity index (χ1) is 10.1. The number of ether oxygens (including phenoxy) is 1. The summed E-state index contributed by atoms with van der Waals surface area (Å²) >= 11 is 1.28. The van der Waals surface area contributed by atoms with Gasteiger partial charge in [-0.3, -0.25) is 9.59 Å². The van der Waals surface area contributed by atoms with Crippen LogP contribution in [0.5, 0.6) is 0 Å². The Kier molecular flexibility index (Phi) is 4.21. The molecule has 0 unspecified atom stereocenters. The minimum absolute atomic E-state index is 0.0303. The van der Waals surface area contributed by atoms with E-state index in [4.69, 9.17) is 4.74 Å². The van der Waals surface area contributed by atoms with Gasteiger partial charge in [-0.15, -0.1) is 11.3 Å². The molecule has 1 atom stereocenters. The van der Waals surface area contributed by atoms with Gasteiger partial charge >= 0.3 is 0 Å². The Morgan fingerprint density at radius 1 is 1.48 bits per heavy atom. The zero-order chi connectivity index (χ0) is 14.8. The molecule has 1 aliphatic heterocycles. The average molecular weight is 309 g/mol. The second-order valence-electron chi connectivity index (χ2n) is 5.64. The molecule has 2 fully saturated rings. The van der Waals surface area contributed by atoms with Crippen molar-refractivity contribution in [1.29, 1.82) is 0 Å². The highest BCUT2D eigenvalue weighted by Gasteiger charge is 2.36. The van der Waals surface area contributed by atoms with E-state index in [0.29, 0.717) is 22.8 Å². The Balaban J connectivity index is 1.68. The van der Waals surface area contributed by atoms with Crippen LogP contribution in [0.2, 0.25) is 0 Å². The number of hydrogen-bond donors (Lipinski definition) is 1. The van der Waals surface area contributed by atoms with E-state index < -0.39 is 0 Å². The second kappa shape index (κ2) is 6.11. The molecule has 0 aromatic carbocycles. The van der Waals surface area contributed by atoms with Crippen LogP contribution >= 0.6 is 11.3 Å². The maximum absolute atomic E-state index is 12.6. The molecule has 1 aromatic heterocycles. The van der Waals surface area contributed by atoms with Crippen LogP contribution < -0.4 is 5.32 Å². The van der Waals surface area contributed by atoms with E-state index in [2.05, 4.69) is 10.3 Å². The Morgan fingerprint density at radius 3 is 2.90 bits per heavy atom. The number of hydrogen-bond acceptors (Lipinski definition) is 5. The van der Waals surface area contributed by atoms with E-state index in [1.807, 2.05) is 4.90 Å². The Labute approximate surface area is 127 Å². The summed E-state index contributed by atoms with van der Waals surface area (Å²) in [7, 11) is 0. The number of nitrogens with one attached hydrogen (secondary N) is 1. The summed E-state index contributed by atoms with van der Waals surface area (Å²) in [4.78, 5) is 29.8. The van der Waals surface area contributed by atoms with E-state index in [0.717, 1.165) is 39.0 Å². The summed E-state index contributed by atoms with van der Waals surface area (Å²) in [6.07, 6.45) is 3.16. The lowest BCUT2D eigenvalue weighted by Crippen LogP contribution is -2.37. The first-order valence-corrected chi connectivity index (χ1v) is 8.13. The third-order valence-electron chi connectivity index (χ3n) is 3.73. The zero-order valence-corrected chi connectivity index (χ0v) is 12.8. The van der Waals surface area contributed by atoms with Gasteiger partial charge in [-0.2, -0.15) is 0 Å². The maximum atomic E-state index is 12.6. The Morgan fingerprint density at radius 2 is 2.29 bits per heavy atom. The number of aromatic nitrogens is 1.